The van der Waals surface area contributed by atoms with E-state index in [9.17, 15) is 4.79 Å². The number of nitrogens with zero attached hydrogens (tertiary/aromatic N) is 2. The van der Waals surface area contributed by atoms with Crippen molar-refractivity contribution in [2.24, 2.45) is 0 Å². The number of carbonyl (C=O) groups excluding carboxylic acids is 1. The molecule has 0 aromatic carbocycles. The monoisotopic (exact) mass is 379 g/mol. The summed E-state index contributed by atoms with van der Waals surface area (Å²) < 4.78 is 6.49. The third-order valence-corrected chi connectivity index (χ3v) is 7.04. The average Bonchev–Trinajstić information content (AvgIpc) is 3.01. The topological polar surface area (TPSA) is 92.9 Å². The Morgan fingerprint density at radius 1 is 1.11 bits per heavy atom. The van der Waals surface area contributed by atoms with Gasteiger partial charge in [0, 0.05) is 19.3 Å². The van der Waals surface area contributed by atoms with Crippen LogP contribution in [0, 0.1) is 0 Å². The number of likely N-dealkylation sites (N-methyl/N-ethyl adjacent to an activating group) is 1. The molecule has 0 aromatic heterocycles. The predicted molar refractivity (Wildman–Crippen MR) is 101 cm³/mol. The maximum atomic E-state index is 12.9. The van der Waals surface area contributed by atoms with Crippen LogP contribution in [0.2, 0.25) is 0 Å². The zero-order valence-electron chi connectivity index (χ0n) is 16.3. The number of fused-ring (bicyclic) bond motifs is 2. The van der Waals surface area contributed by atoms with Crippen molar-refractivity contribution in [2.75, 3.05) is 26.8 Å². The smallest absolute Gasteiger partial charge is 0.320 e. The first-order valence-corrected chi connectivity index (χ1v) is 10.5. The maximum absolute atomic E-state index is 12.9. The van der Waals surface area contributed by atoms with Gasteiger partial charge in [-0.05, 0) is 46.2 Å². The summed E-state index contributed by atoms with van der Waals surface area (Å²) in [6.45, 7) is 4.87. The molecule has 5 saturated heterocycles. The number of urea groups is 1. The fourth-order valence-corrected chi connectivity index (χ4v) is 5.64. The Balaban J connectivity index is 1.48. The highest BCUT2D eigenvalue weighted by Gasteiger charge is 2.52. The first-order chi connectivity index (χ1) is 13.1. The minimum absolute atomic E-state index is 0.0213. The van der Waals surface area contributed by atoms with Crippen molar-refractivity contribution in [3.8, 4) is 0 Å². The minimum Gasteiger partial charge on any atom is -0.373 e. The molecule has 2 amide bonds. The van der Waals surface area contributed by atoms with Crippen LogP contribution in [0.3, 0.4) is 0 Å². The number of hydrogen-bond donors (Lipinski definition) is 5. The van der Waals surface area contributed by atoms with Crippen LogP contribution in [0.4, 0.5) is 4.79 Å². The van der Waals surface area contributed by atoms with Gasteiger partial charge in [0.2, 0.25) is 0 Å². The van der Waals surface area contributed by atoms with E-state index in [2.05, 4.69) is 45.5 Å². The molecule has 5 rings (SSSR count). The van der Waals surface area contributed by atoms with Crippen molar-refractivity contribution in [3.63, 3.8) is 0 Å². The van der Waals surface area contributed by atoms with Crippen LogP contribution < -0.4 is 26.6 Å². The number of hydrogen-bond acceptors (Lipinski definition) is 7. The van der Waals surface area contributed by atoms with E-state index >= 15 is 0 Å². The molecule has 8 atom stereocenters. The van der Waals surface area contributed by atoms with Crippen molar-refractivity contribution in [1.29, 1.82) is 0 Å². The Morgan fingerprint density at radius 3 is 2.89 bits per heavy atom. The number of rotatable bonds is 0. The zero-order valence-corrected chi connectivity index (χ0v) is 16.3. The van der Waals surface area contributed by atoms with Crippen LogP contribution in [0.25, 0.3) is 0 Å². The van der Waals surface area contributed by atoms with Crippen LogP contribution in [0.5, 0.6) is 0 Å². The van der Waals surface area contributed by atoms with Gasteiger partial charge in [-0.15, -0.1) is 0 Å². The van der Waals surface area contributed by atoms with Gasteiger partial charge in [0.15, 0.2) is 0 Å². The van der Waals surface area contributed by atoms with E-state index in [-0.39, 0.29) is 48.8 Å². The van der Waals surface area contributed by atoms with Crippen LogP contribution >= 0.6 is 0 Å². The van der Waals surface area contributed by atoms with Gasteiger partial charge >= 0.3 is 6.03 Å². The van der Waals surface area contributed by atoms with Gasteiger partial charge < -0.3 is 15.0 Å². The molecule has 0 saturated carbocycles. The Kier molecular flexibility index (Phi) is 4.77. The molecular formula is C18H33N7O2. The fourth-order valence-electron chi connectivity index (χ4n) is 5.64. The third kappa shape index (κ3) is 3.14. The number of amides is 2. The van der Waals surface area contributed by atoms with Crippen molar-refractivity contribution in [1.82, 2.24) is 36.4 Å². The van der Waals surface area contributed by atoms with Crippen molar-refractivity contribution in [3.05, 3.63) is 0 Å². The quantitative estimate of drug-likeness (QED) is 0.358. The second-order valence-corrected chi connectivity index (χ2v) is 8.74. The van der Waals surface area contributed by atoms with Crippen molar-refractivity contribution < 1.29 is 9.53 Å². The summed E-state index contributed by atoms with van der Waals surface area (Å²) in [5.41, 5.74) is 0. The number of piperidine rings is 2. The molecule has 2 bridgehead atoms. The van der Waals surface area contributed by atoms with Gasteiger partial charge in [0.25, 0.3) is 0 Å². The third-order valence-electron chi connectivity index (χ3n) is 7.04. The predicted octanol–water partition coefficient (Wildman–Crippen LogP) is -1.27. The average molecular weight is 380 g/mol. The molecule has 27 heavy (non-hydrogen) atoms. The summed E-state index contributed by atoms with van der Waals surface area (Å²) in [5, 5.41) is 17.7. The van der Waals surface area contributed by atoms with E-state index in [0.717, 1.165) is 45.4 Å². The molecule has 5 aliphatic heterocycles. The van der Waals surface area contributed by atoms with E-state index in [4.69, 9.17) is 4.74 Å². The molecule has 5 N–H and O–H groups in total. The highest BCUT2D eigenvalue weighted by Crippen LogP contribution is 2.31. The molecule has 9 heteroatoms. The summed E-state index contributed by atoms with van der Waals surface area (Å²) in [5.74, 6) is 0. The van der Waals surface area contributed by atoms with E-state index in [1.54, 1.807) is 0 Å². The number of carbonyl (C=O) groups is 1. The van der Waals surface area contributed by atoms with E-state index in [0.29, 0.717) is 6.04 Å². The summed E-state index contributed by atoms with van der Waals surface area (Å²) in [4.78, 5) is 17.3. The lowest BCUT2D eigenvalue weighted by Gasteiger charge is -2.51. The molecular weight excluding hydrogens is 346 g/mol. The van der Waals surface area contributed by atoms with Crippen LogP contribution in [-0.2, 0) is 4.74 Å². The van der Waals surface area contributed by atoms with Gasteiger partial charge in [0.1, 0.15) is 6.17 Å². The lowest BCUT2D eigenvalue weighted by Crippen LogP contribution is -2.75. The lowest BCUT2D eigenvalue weighted by molar-refractivity contribution is -0.0827. The normalized spacial score (nSPS) is 48.2. The molecule has 5 heterocycles. The maximum Gasteiger partial charge on any atom is 0.320 e. The summed E-state index contributed by atoms with van der Waals surface area (Å²) >= 11 is 0. The first kappa shape index (κ1) is 18.1. The summed E-state index contributed by atoms with van der Waals surface area (Å²) in [6.07, 6.45) is 4.50. The van der Waals surface area contributed by atoms with E-state index in [1.165, 1.54) is 0 Å². The largest absolute Gasteiger partial charge is 0.373 e. The second-order valence-electron chi connectivity index (χ2n) is 8.74. The molecule has 0 aromatic rings. The highest BCUT2D eigenvalue weighted by atomic mass is 16.5. The minimum atomic E-state index is -0.0213. The lowest BCUT2D eigenvalue weighted by atomic mass is 9.90. The number of nitrogens with one attached hydrogen (secondary N) is 5. The number of ether oxygens (including phenoxy) is 1. The van der Waals surface area contributed by atoms with Gasteiger partial charge in [-0.25, -0.2) is 4.79 Å². The SMILES string of the molecule is C[C@@H]1CCN(C)C2NCNC3CCC(NC32)N2C(=O)NC3NCCC(O1)C32. The zero-order chi connectivity index (χ0) is 18.5. The molecule has 5 aliphatic rings. The fraction of sp³-hybridized carbons (Fsp3) is 0.944. The van der Waals surface area contributed by atoms with Gasteiger partial charge in [-0.1, -0.05) is 0 Å². The molecule has 0 radical (unpaired) electrons. The van der Waals surface area contributed by atoms with Gasteiger partial charge in [-0.3, -0.25) is 26.2 Å². The van der Waals surface area contributed by atoms with E-state index < -0.39 is 0 Å². The molecule has 0 spiro atoms. The molecule has 152 valence electrons. The Bertz CT molecular complexity index is 578. The van der Waals surface area contributed by atoms with Crippen LogP contribution in [-0.4, -0.2) is 91.5 Å². The van der Waals surface area contributed by atoms with Crippen molar-refractivity contribution >= 4 is 6.03 Å². The Hall–Kier alpha value is -0.970. The Morgan fingerprint density at radius 2 is 2.00 bits per heavy atom. The standard InChI is InChI=1S/C18H33N7O2/c1-10-6-8-24(2)17-14-11(20-9-21-17)3-4-13(22-14)25-15-12(27-10)5-7-19-16(15)23-18(25)26/h10-17,19-22H,3-9H2,1-2H3,(H,23,26)/t10-,11?,12?,13?,14?,15?,16?,17?/m1/s1. The van der Waals surface area contributed by atoms with Crippen molar-refractivity contribution in [2.45, 2.75) is 81.4 Å². The van der Waals surface area contributed by atoms with Crippen LogP contribution in [0.15, 0.2) is 0 Å². The summed E-state index contributed by atoms with van der Waals surface area (Å²) in [7, 11) is 2.19. The molecule has 7 unspecified atom stereocenters. The summed E-state index contributed by atoms with van der Waals surface area (Å²) in [6, 6.07) is 0.784. The van der Waals surface area contributed by atoms with Gasteiger partial charge in [0.05, 0.1) is 36.6 Å². The molecule has 5 fully saturated rings. The van der Waals surface area contributed by atoms with Crippen LogP contribution in [0.1, 0.15) is 32.6 Å². The molecule has 9 nitrogen and oxygen atoms in total. The first-order valence-electron chi connectivity index (χ1n) is 10.5. The van der Waals surface area contributed by atoms with E-state index in [1.807, 2.05) is 4.90 Å². The second kappa shape index (κ2) is 7.13. The highest BCUT2D eigenvalue weighted by molar-refractivity contribution is 5.78. The van der Waals surface area contributed by atoms with Gasteiger partial charge in [-0.2, -0.15) is 0 Å². The molecule has 0 aliphatic carbocycles. The Labute approximate surface area is 160 Å².